The fourth-order valence-electron chi connectivity index (χ4n) is 2.49. The second kappa shape index (κ2) is 4.35. The maximum absolute atomic E-state index is 11.9. The molecular formula is C14H17NO4. The van der Waals surface area contributed by atoms with Crippen molar-refractivity contribution >= 4 is 11.9 Å². The van der Waals surface area contributed by atoms with E-state index in [9.17, 15) is 9.59 Å². The number of nitrogens with two attached hydrogens (primary N) is 1. The van der Waals surface area contributed by atoms with Gasteiger partial charge < -0.3 is 15.6 Å². The van der Waals surface area contributed by atoms with Crippen molar-refractivity contribution in [3.8, 4) is 0 Å². The predicted molar refractivity (Wildman–Crippen MR) is 68.1 cm³/mol. The number of rotatable bonds is 4. The van der Waals surface area contributed by atoms with Crippen LogP contribution in [0, 0.1) is 11.3 Å². The van der Waals surface area contributed by atoms with E-state index in [0.29, 0.717) is 0 Å². The number of hydrogen-bond acceptors (Lipinski definition) is 4. The molecular weight excluding hydrogens is 246 g/mol. The molecule has 2 atom stereocenters. The van der Waals surface area contributed by atoms with Gasteiger partial charge in [0.05, 0.1) is 5.92 Å². The molecule has 0 aromatic heterocycles. The first-order valence-electron chi connectivity index (χ1n) is 6.04. The van der Waals surface area contributed by atoms with Gasteiger partial charge >= 0.3 is 11.9 Å². The summed E-state index contributed by atoms with van der Waals surface area (Å²) in [5, 5.41) is 9.12. The van der Waals surface area contributed by atoms with Crippen LogP contribution in [0.15, 0.2) is 30.3 Å². The molecule has 19 heavy (non-hydrogen) atoms. The normalized spacial score (nSPS) is 27.6. The van der Waals surface area contributed by atoms with Crippen molar-refractivity contribution in [3.05, 3.63) is 35.9 Å². The maximum atomic E-state index is 11.9. The van der Waals surface area contributed by atoms with Gasteiger partial charge in [0.25, 0.3) is 0 Å². The Morgan fingerprint density at radius 1 is 1.32 bits per heavy atom. The molecule has 2 unspecified atom stereocenters. The number of carboxylic acid groups (broad SMARTS) is 1. The van der Waals surface area contributed by atoms with Gasteiger partial charge in [0, 0.05) is 5.41 Å². The van der Waals surface area contributed by atoms with Gasteiger partial charge in [-0.25, -0.2) is 0 Å². The third-order valence-corrected chi connectivity index (χ3v) is 3.97. The van der Waals surface area contributed by atoms with Crippen LogP contribution in [0.3, 0.4) is 0 Å². The lowest BCUT2D eigenvalue weighted by Gasteiger charge is -2.07. The molecule has 2 rings (SSSR count). The van der Waals surface area contributed by atoms with Crippen molar-refractivity contribution in [2.24, 2.45) is 17.1 Å². The van der Waals surface area contributed by atoms with Gasteiger partial charge in [-0.15, -0.1) is 0 Å². The van der Waals surface area contributed by atoms with Crippen LogP contribution in [-0.4, -0.2) is 22.6 Å². The molecule has 1 saturated carbocycles. The SMILES string of the molecule is CC1(C)C(C(=O)OCc2ccccc2)C1(N)C(=O)O. The molecule has 1 aliphatic carbocycles. The fourth-order valence-corrected chi connectivity index (χ4v) is 2.49. The molecule has 0 aliphatic heterocycles. The van der Waals surface area contributed by atoms with E-state index in [1.54, 1.807) is 13.8 Å². The number of carboxylic acids is 1. The number of ether oxygens (including phenoxy) is 1. The molecule has 5 nitrogen and oxygen atoms in total. The number of benzene rings is 1. The number of hydrogen-bond donors (Lipinski definition) is 2. The lowest BCUT2D eigenvalue weighted by atomic mass is 10.1. The first-order valence-corrected chi connectivity index (χ1v) is 6.04. The van der Waals surface area contributed by atoms with Crippen molar-refractivity contribution in [2.45, 2.75) is 26.0 Å². The minimum atomic E-state index is -1.53. The van der Waals surface area contributed by atoms with Gasteiger partial charge in [0.1, 0.15) is 12.1 Å². The molecule has 1 aliphatic rings. The zero-order chi connectivity index (χ0) is 14.3. The highest BCUT2D eigenvalue weighted by Gasteiger charge is 2.78. The molecule has 0 bridgehead atoms. The Balaban J connectivity index is 2.01. The molecule has 0 radical (unpaired) electrons. The smallest absolute Gasteiger partial charge is 0.325 e. The Bertz CT molecular complexity index is 511. The highest BCUT2D eigenvalue weighted by atomic mass is 16.5. The Labute approximate surface area is 111 Å². The van der Waals surface area contributed by atoms with Gasteiger partial charge in [-0.2, -0.15) is 0 Å². The standard InChI is InChI=1S/C14H17NO4/c1-13(2)10(14(13,15)12(17)18)11(16)19-8-9-6-4-3-5-7-9/h3-7,10H,8,15H2,1-2H3,(H,17,18). The second-order valence-electron chi connectivity index (χ2n) is 5.42. The van der Waals surface area contributed by atoms with Crippen LogP contribution in [0.1, 0.15) is 19.4 Å². The van der Waals surface area contributed by atoms with Gasteiger partial charge in [0.2, 0.25) is 0 Å². The molecule has 102 valence electrons. The number of carbonyl (C=O) groups excluding carboxylic acids is 1. The summed E-state index contributed by atoms with van der Waals surface area (Å²) in [6.45, 7) is 3.45. The number of esters is 1. The Morgan fingerprint density at radius 3 is 2.37 bits per heavy atom. The van der Waals surface area contributed by atoms with E-state index in [4.69, 9.17) is 15.6 Å². The molecule has 5 heteroatoms. The van der Waals surface area contributed by atoms with Gasteiger partial charge in [-0.05, 0) is 5.56 Å². The summed E-state index contributed by atoms with van der Waals surface area (Å²) in [7, 11) is 0. The zero-order valence-corrected chi connectivity index (χ0v) is 10.9. The van der Waals surface area contributed by atoms with Gasteiger partial charge in [0.15, 0.2) is 0 Å². The summed E-state index contributed by atoms with van der Waals surface area (Å²) in [6, 6.07) is 9.21. The Morgan fingerprint density at radius 2 is 1.89 bits per heavy atom. The summed E-state index contributed by atoms with van der Waals surface area (Å²) in [6.07, 6.45) is 0. The third kappa shape index (κ3) is 2.00. The van der Waals surface area contributed by atoms with Crippen molar-refractivity contribution < 1.29 is 19.4 Å². The van der Waals surface area contributed by atoms with E-state index >= 15 is 0 Å². The maximum Gasteiger partial charge on any atom is 0.325 e. The highest BCUT2D eigenvalue weighted by molar-refractivity contribution is 5.96. The zero-order valence-electron chi connectivity index (χ0n) is 10.9. The van der Waals surface area contributed by atoms with E-state index in [1.807, 2.05) is 30.3 Å². The molecule has 1 aromatic carbocycles. The first kappa shape index (κ1) is 13.5. The molecule has 0 heterocycles. The highest BCUT2D eigenvalue weighted by Crippen LogP contribution is 2.60. The van der Waals surface area contributed by atoms with Crippen molar-refractivity contribution in [1.82, 2.24) is 0 Å². The fraction of sp³-hybridized carbons (Fsp3) is 0.429. The molecule has 0 spiro atoms. The Kier molecular flexibility index (Phi) is 3.10. The van der Waals surface area contributed by atoms with Crippen LogP contribution in [-0.2, 0) is 20.9 Å². The van der Waals surface area contributed by atoms with E-state index in [2.05, 4.69) is 0 Å². The van der Waals surface area contributed by atoms with E-state index in [0.717, 1.165) is 5.56 Å². The quantitative estimate of drug-likeness (QED) is 0.796. The third-order valence-electron chi connectivity index (χ3n) is 3.97. The first-order chi connectivity index (χ1) is 8.81. The van der Waals surface area contributed by atoms with Gasteiger partial charge in [-0.1, -0.05) is 44.2 Å². The van der Waals surface area contributed by atoms with Crippen molar-refractivity contribution in [1.29, 1.82) is 0 Å². The topological polar surface area (TPSA) is 89.6 Å². The molecule has 1 aromatic rings. The molecule has 1 fully saturated rings. The van der Waals surface area contributed by atoms with E-state index in [-0.39, 0.29) is 6.61 Å². The summed E-state index contributed by atoms with van der Waals surface area (Å²) < 4.78 is 5.15. The lowest BCUT2D eigenvalue weighted by Crippen LogP contribution is -2.40. The van der Waals surface area contributed by atoms with Crippen molar-refractivity contribution in [3.63, 3.8) is 0 Å². The van der Waals surface area contributed by atoms with Gasteiger partial charge in [-0.3, -0.25) is 9.59 Å². The summed E-state index contributed by atoms with van der Waals surface area (Å²) >= 11 is 0. The van der Waals surface area contributed by atoms with Crippen LogP contribution in [0.4, 0.5) is 0 Å². The van der Waals surface area contributed by atoms with Crippen LogP contribution in [0.5, 0.6) is 0 Å². The molecule has 3 N–H and O–H groups in total. The second-order valence-corrected chi connectivity index (χ2v) is 5.42. The Hall–Kier alpha value is -1.88. The summed E-state index contributed by atoms with van der Waals surface area (Å²) in [5.41, 5.74) is 4.32. The van der Waals surface area contributed by atoms with Crippen molar-refractivity contribution in [2.75, 3.05) is 0 Å². The minimum absolute atomic E-state index is 0.127. The number of carbonyl (C=O) groups is 2. The lowest BCUT2D eigenvalue weighted by molar-refractivity contribution is -0.150. The van der Waals surface area contributed by atoms with E-state index < -0.39 is 28.8 Å². The minimum Gasteiger partial charge on any atom is -0.480 e. The van der Waals surface area contributed by atoms with Crippen LogP contribution >= 0.6 is 0 Å². The molecule has 0 saturated heterocycles. The van der Waals surface area contributed by atoms with Crippen LogP contribution in [0.2, 0.25) is 0 Å². The largest absolute Gasteiger partial charge is 0.480 e. The summed E-state index contributed by atoms with van der Waals surface area (Å²) in [5.74, 6) is -2.53. The number of aliphatic carboxylic acids is 1. The summed E-state index contributed by atoms with van der Waals surface area (Å²) in [4.78, 5) is 23.1. The van der Waals surface area contributed by atoms with Crippen LogP contribution < -0.4 is 5.73 Å². The average molecular weight is 263 g/mol. The van der Waals surface area contributed by atoms with E-state index in [1.165, 1.54) is 0 Å². The van der Waals surface area contributed by atoms with Crippen LogP contribution in [0.25, 0.3) is 0 Å². The molecule has 0 amide bonds. The average Bonchev–Trinajstić information content (AvgIpc) is 2.83. The monoisotopic (exact) mass is 263 g/mol. The predicted octanol–water partition coefficient (Wildman–Crippen LogP) is 1.17.